The lowest BCUT2D eigenvalue weighted by molar-refractivity contribution is 0.492. The Bertz CT molecular complexity index is 792. The maximum absolute atomic E-state index is 6.00. The van der Waals surface area contributed by atoms with Gasteiger partial charge in [0.1, 0.15) is 0 Å². The Labute approximate surface area is 163 Å². The minimum absolute atomic E-state index is 0.235. The average molecular weight is 362 g/mol. The molecule has 0 aliphatic carbocycles. The molecule has 0 fully saturated rings. The molecular formula is C24H31N3. The van der Waals surface area contributed by atoms with Crippen LogP contribution < -0.4 is 5.73 Å². The van der Waals surface area contributed by atoms with E-state index in [1.165, 1.54) is 5.56 Å². The third-order valence-corrected chi connectivity index (χ3v) is 5.17. The van der Waals surface area contributed by atoms with Crippen molar-refractivity contribution in [2.75, 3.05) is 0 Å². The van der Waals surface area contributed by atoms with Gasteiger partial charge in [0.15, 0.2) is 0 Å². The molecule has 3 nitrogen and oxygen atoms in total. The van der Waals surface area contributed by atoms with Crippen LogP contribution >= 0.6 is 0 Å². The maximum atomic E-state index is 6.00. The highest BCUT2D eigenvalue weighted by molar-refractivity contribution is 5.39. The zero-order valence-corrected chi connectivity index (χ0v) is 16.7. The van der Waals surface area contributed by atoms with E-state index >= 15 is 0 Å². The lowest BCUT2D eigenvalue weighted by Gasteiger charge is -2.31. The molecule has 3 heteroatoms. The zero-order chi connectivity index (χ0) is 19.7. The minimum atomic E-state index is -0.244. The Hall–Kier alpha value is -2.68. The number of nitrogens with zero attached hydrogens (tertiary/aromatic N) is 2. The number of allylic oxidation sites excluding steroid dienone is 4. The molecule has 0 bridgehead atoms. The standard InChI is InChI=1S/C24H31N3/c1-5-8-12-20(17-25)24(4,15-6-2)23-14-9-13-22(27-23)21(7-3)19-11-10-16-26-18-19/h5,8-14,16-18,21H,1,6-7,15,25H2,2-4H3/b12-8-,20-17+. The number of hydrogen-bond acceptors (Lipinski definition) is 3. The van der Waals surface area contributed by atoms with Crippen molar-refractivity contribution in [1.82, 2.24) is 9.97 Å². The Balaban J connectivity index is 2.51. The molecule has 0 saturated heterocycles. The SMILES string of the molecule is C=C/C=C\C(=C/N)C(C)(CCC)c1cccc(C(CC)c2cccnc2)n1. The molecule has 142 valence electrons. The molecule has 0 radical (unpaired) electrons. The van der Waals surface area contributed by atoms with E-state index in [1.807, 2.05) is 30.6 Å². The fraction of sp³-hybridized carbons (Fsp3) is 0.333. The minimum Gasteiger partial charge on any atom is -0.404 e. The number of aromatic nitrogens is 2. The fourth-order valence-corrected chi connectivity index (χ4v) is 3.67. The van der Waals surface area contributed by atoms with Crippen molar-refractivity contribution in [3.63, 3.8) is 0 Å². The van der Waals surface area contributed by atoms with Crippen LogP contribution in [0.2, 0.25) is 0 Å². The first-order chi connectivity index (χ1) is 13.1. The summed E-state index contributed by atoms with van der Waals surface area (Å²) in [5.41, 5.74) is 10.1. The van der Waals surface area contributed by atoms with E-state index in [0.29, 0.717) is 0 Å². The van der Waals surface area contributed by atoms with Crippen LogP contribution in [0.4, 0.5) is 0 Å². The Morgan fingerprint density at radius 2 is 2.07 bits per heavy atom. The van der Waals surface area contributed by atoms with Gasteiger partial charge in [0.25, 0.3) is 0 Å². The summed E-state index contributed by atoms with van der Waals surface area (Å²) in [6.45, 7) is 10.4. The molecule has 2 atom stereocenters. The summed E-state index contributed by atoms with van der Waals surface area (Å²) in [5, 5.41) is 0. The van der Waals surface area contributed by atoms with E-state index in [0.717, 1.165) is 36.2 Å². The molecule has 0 saturated carbocycles. The maximum Gasteiger partial charge on any atom is 0.0510 e. The van der Waals surface area contributed by atoms with Crippen molar-refractivity contribution >= 4 is 0 Å². The van der Waals surface area contributed by atoms with Gasteiger partial charge < -0.3 is 5.73 Å². The quantitative estimate of drug-likeness (QED) is 0.586. The molecule has 27 heavy (non-hydrogen) atoms. The summed E-state index contributed by atoms with van der Waals surface area (Å²) in [6.07, 6.45) is 14.2. The third kappa shape index (κ3) is 4.73. The Morgan fingerprint density at radius 3 is 2.67 bits per heavy atom. The lowest BCUT2D eigenvalue weighted by Crippen LogP contribution is -2.27. The van der Waals surface area contributed by atoms with Crippen molar-refractivity contribution in [2.45, 2.75) is 51.4 Å². The molecule has 0 aliphatic rings. The third-order valence-electron chi connectivity index (χ3n) is 5.17. The van der Waals surface area contributed by atoms with E-state index in [-0.39, 0.29) is 11.3 Å². The highest BCUT2D eigenvalue weighted by atomic mass is 14.8. The van der Waals surface area contributed by atoms with Crippen molar-refractivity contribution < 1.29 is 0 Å². The van der Waals surface area contributed by atoms with Gasteiger partial charge >= 0.3 is 0 Å². The second-order valence-corrected chi connectivity index (χ2v) is 6.99. The van der Waals surface area contributed by atoms with Crippen molar-refractivity contribution in [2.24, 2.45) is 5.73 Å². The molecule has 0 aromatic carbocycles. The molecular weight excluding hydrogens is 330 g/mol. The van der Waals surface area contributed by atoms with Crippen LogP contribution in [0, 0.1) is 0 Å². The topological polar surface area (TPSA) is 51.8 Å². The Morgan fingerprint density at radius 1 is 1.26 bits per heavy atom. The number of rotatable bonds is 9. The van der Waals surface area contributed by atoms with E-state index in [1.54, 1.807) is 12.3 Å². The van der Waals surface area contributed by atoms with Crippen LogP contribution in [0.3, 0.4) is 0 Å². The van der Waals surface area contributed by atoms with Crippen LogP contribution in [0.25, 0.3) is 0 Å². The van der Waals surface area contributed by atoms with Gasteiger partial charge in [-0.05, 0) is 55.3 Å². The number of nitrogens with two attached hydrogens (primary N) is 1. The first kappa shape index (κ1) is 20.6. The monoisotopic (exact) mass is 361 g/mol. The summed E-state index contributed by atoms with van der Waals surface area (Å²) in [7, 11) is 0. The normalized spacial score (nSPS) is 15.4. The summed E-state index contributed by atoms with van der Waals surface area (Å²) in [4.78, 5) is 9.39. The predicted molar refractivity (Wildman–Crippen MR) is 114 cm³/mol. The Kier molecular flexibility index (Phi) is 7.54. The van der Waals surface area contributed by atoms with Gasteiger partial charge in [-0.3, -0.25) is 9.97 Å². The molecule has 2 aromatic heterocycles. The molecule has 0 aliphatic heterocycles. The fourth-order valence-electron chi connectivity index (χ4n) is 3.67. The van der Waals surface area contributed by atoms with Gasteiger partial charge in [0.2, 0.25) is 0 Å². The van der Waals surface area contributed by atoms with E-state index < -0.39 is 0 Å². The summed E-state index contributed by atoms with van der Waals surface area (Å²) in [5.74, 6) is 0.235. The van der Waals surface area contributed by atoms with Gasteiger partial charge in [-0.1, -0.05) is 57.2 Å². The lowest BCUT2D eigenvalue weighted by atomic mass is 9.75. The molecule has 0 amide bonds. The molecule has 2 rings (SSSR count). The number of hydrogen-bond donors (Lipinski definition) is 1. The molecule has 0 spiro atoms. The van der Waals surface area contributed by atoms with E-state index in [2.05, 4.69) is 56.6 Å². The molecule has 2 unspecified atom stereocenters. The molecule has 2 heterocycles. The predicted octanol–water partition coefficient (Wildman–Crippen LogP) is 5.66. The number of pyridine rings is 2. The first-order valence-corrected chi connectivity index (χ1v) is 9.69. The smallest absolute Gasteiger partial charge is 0.0510 e. The van der Waals surface area contributed by atoms with E-state index in [4.69, 9.17) is 10.7 Å². The van der Waals surface area contributed by atoms with Crippen LogP contribution in [0.15, 0.2) is 79.3 Å². The van der Waals surface area contributed by atoms with Gasteiger partial charge in [0.05, 0.1) is 5.69 Å². The van der Waals surface area contributed by atoms with Crippen molar-refractivity contribution in [3.8, 4) is 0 Å². The van der Waals surface area contributed by atoms with Crippen molar-refractivity contribution in [1.29, 1.82) is 0 Å². The average Bonchev–Trinajstić information content (AvgIpc) is 2.70. The zero-order valence-electron chi connectivity index (χ0n) is 16.7. The van der Waals surface area contributed by atoms with Crippen molar-refractivity contribution in [3.05, 3.63) is 96.3 Å². The first-order valence-electron chi connectivity index (χ1n) is 9.69. The second-order valence-electron chi connectivity index (χ2n) is 6.99. The molecule has 2 aromatic rings. The van der Waals surface area contributed by atoms with Crippen LogP contribution in [-0.4, -0.2) is 9.97 Å². The van der Waals surface area contributed by atoms with Crippen LogP contribution in [-0.2, 0) is 5.41 Å². The summed E-state index contributed by atoms with van der Waals surface area (Å²) < 4.78 is 0. The summed E-state index contributed by atoms with van der Waals surface area (Å²) >= 11 is 0. The highest BCUT2D eigenvalue weighted by Gasteiger charge is 2.31. The van der Waals surface area contributed by atoms with Gasteiger partial charge in [-0.2, -0.15) is 0 Å². The van der Waals surface area contributed by atoms with Crippen LogP contribution in [0.5, 0.6) is 0 Å². The van der Waals surface area contributed by atoms with Crippen LogP contribution in [0.1, 0.15) is 62.9 Å². The summed E-state index contributed by atoms with van der Waals surface area (Å²) in [6, 6.07) is 10.4. The van der Waals surface area contributed by atoms with E-state index in [9.17, 15) is 0 Å². The van der Waals surface area contributed by atoms with Gasteiger partial charge in [-0.25, -0.2) is 0 Å². The second kappa shape index (κ2) is 9.86. The van der Waals surface area contributed by atoms with Gasteiger partial charge in [-0.15, -0.1) is 0 Å². The molecule has 2 N–H and O–H groups in total. The highest BCUT2D eigenvalue weighted by Crippen LogP contribution is 2.37. The van der Waals surface area contributed by atoms with Gasteiger partial charge in [0, 0.05) is 29.4 Å². The largest absolute Gasteiger partial charge is 0.404 e.